The van der Waals surface area contributed by atoms with Crippen molar-refractivity contribution in [1.29, 1.82) is 0 Å². The van der Waals surface area contributed by atoms with Crippen molar-refractivity contribution in [2.45, 2.75) is 24.3 Å². The van der Waals surface area contributed by atoms with Crippen LogP contribution in [0.2, 0.25) is 0 Å². The van der Waals surface area contributed by atoms with E-state index in [-0.39, 0.29) is 4.90 Å². The van der Waals surface area contributed by atoms with Crippen LogP contribution in [0.5, 0.6) is 5.75 Å². The summed E-state index contributed by atoms with van der Waals surface area (Å²) in [6.45, 7) is 0.925. The number of rotatable bonds is 7. The largest absolute Gasteiger partial charge is 0.486 e. The number of benzene rings is 1. The van der Waals surface area contributed by atoms with E-state index in [1.807, 2.05) is 5.38 Å². The van der Waals surface area contributed by atoms with Gasteiger partial charge in [-0.15, -0.1) is 11.3 Å². The summed E-state index contributed by atoms with van der Waals surface area (Å²) in [6.07, 6.45) is 3.96. The van der Waals surface area contributed by atoms with Gasteiger partial charge in [0.2, 0.25) is 10.0 Å². The molecule has 1 N–H and O–H groups in total. The smallest absolute Gasteiger partial charge is 0.240 e. The van der Waals surface area contributed by atoms with Crippen molar-refractivity contribution in [3.8, 4) is 5.75 Å². The Hall–Kier alpha value is -1.44. The van der Waals surface area contributed by atoms with Gasteiger partial charge < -0.3 is 4.74 Å². The fraction of sp³-hybridized carbons (Fsp3) is 0.357. The SMILES string of the molecule is O=S(=O)(NCC1CC1)c1ccc(OCc2nccs2)cc1. The van der Waals surface area contributed by atoms with Gasteiger partial charge in [0, 0.05) is 18.1 Å². The van der Waals surface area contributed by atoms with Gasteiger partial charge in [-0.3, -0.25) is 0 Å². The monoisotopic (exact) mass is 324 g/mol. The molecule has 0 bridgehead atoms. The third-order valence-electron chi connectivity index (χ3n) is 3.24. The summed E-state index contributed by atoms with van der Waals surface area (Å²) >= 11 is 1.52. The second-order valence-electron chi connectivity index (χ2n) is 4.98. The van der Waals surface area contributed by atoms with E-state index in [9.17, 15) is 8.42 Å². The second-order valence-corrected chi connectivity index (χ2v) is 7.73. The first kappa shape index (κ1) is 14.5. The summed E-state index contributed by atoms with van der Waals surface area (Å²) in [4.78, 5) is 4.39. The molecule has 5 nitrogen and oxygen atoms in total. The molecular weight excluding hydrogens is 308 g/mol. The first-order chi connectivity index (χ1) is 10.1. The van der Waals surface area contributed by atoms with Gasteiger partial charge in [-0.25, -0.2) is 18.1 Å². The third-order valence-corrected chi connectivity index (χ3v) is 5.43. The van der Waals surface area contributed by atoms with Crippen molar-refractivity contribution in [2.75, 3.05) is 6.54 Å². The van der Waals surface area contributed by atoms with Crippen LogP contribution < -0.4 is 9.46 Å². The number of thiazole rings is 1. The Morgan fingerprint density at radius 2 is 2.05 bits per heavy atom. The van der Waals surface area contributed by atoms with Crippen molar-refractivity contribution in [3.63, 3.8) is 0 Å². The maximum Gasteiger partial charge on any atom is 0.240 e. The van der Waals surface area contributed by atoms with Gasteiger partial charge in [0.25, 0.3) is 0 Å². The molecule has 2 aromatic rings. The zero-order valence-corrected chi connectivity index (χ0v) is 13.0. The maximum atomic E-state index is 12.1. The highest BCUT2D eigenvalue weighted by molar-refractivity contribution is 7.89. The average molecular weight is 324 g/mol. The van der Waals surface area contributed by atoms with Crippen LogP contribution in [-0.2, 0) is 16.6 Å². The molecule has 1 heterocycles. The number of nitrogens with one attached hydrogen (secondary N) is 1. The highest BCUT2D eigenvalue weighted by Gasteiger charge is 2.24. The van der Waals surface area contributed by atoms with Gasteiger partial charge in [0.15, 0.2) is 0 Å². The molecule has 0 unspecified atom stereocenters. The molecule has 0 radical (unpaired) electrons. The predicted octanol–water partition coefficient (Wildman–Crippen LogP) is 2.41. The number of hydrogen-bond acceptors (Lipinski definition) is 5. The molecule has 21 heavy (non-hydrogen) atoms. The molecule has 1 aliphatic rings. The normalized spacial score (nSPS) is 15.0. The predicted molar refractivity (Wildman–Crippen MR) is 80.8 cm³/mol. The lowest BCUT2D eigenvalue weighted by Gasteiger charge is -2.08. The molecular formula is C14H16N2O3S2. The lowest BCUT2D eigenvalue weighted by atomic mass is 10.3. The fourth-order valence-corrected chi connectivity index (χ4v) is 3.46. The summed E-state index contributed by atoms with van der Waals surface area (Å²) in [5, 5.41) is 2.78. The molecule has 1 saturated carbocycles. The Morgan fingerprint density at radius 1 is 1.29 bits per heavy atom. The number of ether oxygens (including phenoxy) is 1. The van der Waals surface area contributed by atoms with Crippen LogP contribution in [-0.4, -0.2) is 19.9 Å². The minimum Gasteiger partial charge on any atom is -0.486 e. The second kappa shape index (κ2) is 6.13. The zero-order chi connectivity index (χ0) is 14.7. The molecule has 7 heteroatoms. The Morgan fingerprint density at radius 3 is 2.67 bits per heavy atom. The maximum absolute atomic E-state index is 12.1. The van der Waals surface area contributed by atoms with Crippen LogP contribution in [0.25, 0.3) is 0 Å². The Bertz CT molecular complexity index is 678. The summed E-state index contributed by atoms with van der Waals surface area (Å²) in [7, 11) is -3.41. The van der Waals surface area contributed by atoms with Gasteiger partial charge in [-0.2, -0.15) is 0 Å². The van der Waals surface area contributed by atoms with E-state index in [1.165, 1.54) is 11.3 Å². The van der Waals surface area contributed by atoms with Crippen LogP contribution in [0.4, 0.5) is 0 Å². The summed E-state index contributed by atoms with van der Waals surface area (Å²) in [5.41, 5.74) is 0. The minimum atomic E-state index is -3.41. The van der Waals surface area contributed by atoms with Crippen LogP contribution >= 0.6 is 11.3 Å². The van der Waals surface area contributed by atoms with Crippen LogP contribution in [0, 0.1) is 5.92 Å². The van der Waals surface area contributed by atoms with Crippen LogP contribution in [0.1, 0.15) is 17.8 Å². The van der Waals surface area contributed by atoms with E-state index in [2.05, 4.69) is 9.71 Å². The van der Waals surface area contributed by atoms with E-state index < -0.39 is 10.0 Å². The number of nitrogens with zero attached hydrogens (tertiary/aromatic N) is 1. The molecule has 3 rings (SSSR count). The summed E-state index contributed by atoms with van der Waals surface area (Å²) in [6, 6.07) is 6.46. The first-order valence-electron chi connectivity index (χ1n) is 6.74. The highest BCUT2D eigenvalue weighted by Crippen LogP contribution is 2.28. The highest BCUT2D eigenvalue weighted by atomic mass is 32.2. The molecule has 0 saturated heterocycles. The van der Waals surface area contributed by atoms with E-state index in [4.69, 9.17) is 4.74 Å². The first-order valence-corrected chi connectivity index (χ1v) is 9.11. The van der Waals surface area contributed by atoms with Crippen molar-refractivity contribution >= 4 is 21.4 Å². The topological polar surface area (TPSA) is 68.3 Å². The molecule has 1 aliphatic carbocycles. The van der Waals surface area contributed by atoms with Crippen molar-refractivity contribution in [3.05, 3.63) is 40.8 Å². The minimum absolute atomic E-state index is 0.268. The lowest BCUT2D eigenvalue weighted by Crippen LogP contribution is -2.25. The molecule has 1 aromatic carbocycles. The van der Waals surface area contributed by atoms with E-state index in [0.717, 1.165) is 17.8 Å². The average Bonchev–Trinajstić information content (AvgIpc) is 3.18. The molecule has 1 fully saturated rings. The van der Waals surface area contributed by atoms with Gasteiger partial charge >= 0.3 is 0 Å². The number of hydrogen-bond donors (Lipinski definition) is 1. The van der Waals surface area contributed by atoms with Crippen molar-refractivity contribution < 1.29 is 13.2 Å². The lowest BCUT2D eigenvalue weighted by molar-refractivity contribution is 0.305. The molecule has 0 aliphatic heterocycles. The van der Waals surface area contributed by atoms with Crippen molar-refractivity contribution in [1.82, 2.24) is 9.71 Å². The zero-order valence-electron chi connectivity index (χ0n) is 11.4. The van der Waals surface area contributed by atoms with Crippen molar-refractivity contribution in [2.24, 2.45) is 5.92 Å². The van der Waals surface area contributed by atoms with E-state index >= 15 is 0 Å². The molecule has 0 spiro atoms. The standard InChI is InChI=1S/C14H16N2O3S2/c17-21(18,16-9-11-1-2-11)13-5-3-12(4-6-13)19-10-14-15-7-8-20-14/h3-8,11,16H,1-2,9-10H2. The Labute approximate surface area is 128 Å². The van der Waals surface area contributed by atoms with Crippen LogP contribution in [0.3, 0.4) is 0 Å². The summed E-state index contributed by atoms with van der Waals surface area (Å²) < 4.78 is 32.3. The fourth-order valence-electron chi connectivity index (χ4n) is 1.82. The Balaban J connectivity index is 1.59. The molecule has 1 aromatic heterocycles. The molecule has 0 amide bonds. The molecule has 112 valence electrons. The summed E-state index contributed by atoms with van der Waals surface area (Å²) in [5.74, 6) is 1.15. The van der Waals surface area contributed by atoms with Crippen LogP contribution in [0.15, 0.2) is 40.7 Å². The van der Waals surface area contributed by atoms with Gasteiger partial charge in [0.1, 0.15) is 17.4 Å². The quantitative estimate of drug-likeness (QED) is 0.849. The van der Waals surface area contributed by atoms with E-state index in [1.54, 1.807) is 30.5 Å². The van der Waals surface area contributed by atoms with Gasteiger partial charge in [0.05, 0.1) is 4.90 Å². The number of sulfonamides is 1. The third kappa shape index (κ3) is 4.03. The molecule has 0 atom stereocenters. The van der Waals surface area contributed by atoms with Gasteiger partial charge in [-0.1, -0.05) is 0 Å². The van der Waals surface area contributed by atoms with E-state index in [0.29, 0.717) is 24.8 Å². The Kier molecular flexibility index (Phi) is 4.23. The van der Waals surface area contributed by atoms with Gasteiger partial charge in [-0.05, 0) is 43.0 Å². The number of aromatic nitrogens is 1.